The van der Waals surface area contributed by atoms with Crippen molar-refractivity contribution in [2.75, 3.05) is 18.5 Å². The molecule has 2 rings (SSSR count). The maximum absolute atomic E-state index is 13.6. The van der Waals surface area contributed by atoms with Gasteiger partial charge in [0.05, 0.1) is 22.8 Å². The smallest absolute Gasteiger partial charge is 0.258 e. The molecule has 1 aliphatic heterocycles. The summed E-state index contributed by atoms with van der Waals surface area (Å²) < 4.78 is 19.0. The van der Waals surface area contributed by atoms with Crippen LogP contribution in [0.15, 0.2) is 40.1 Å². The van der Waals surface area contributed by atoms with Crippen LogP contribution >= 0.6 is 11.8 Å². The molecule has 11 heteroatoms. The van der Waals surface area contributed by atoms with Gasteiger partial charge < -0.3 is 31.9 Å². The van der Waals surface area contributed by atoms with E-state index in [1.54, 1.807) is 6.92 Å². The van der Waals surface area contributed by atoms with Crippen LogP contribution in [0.3, 0.4) is 0 Å². The second kappa shape index (κ2) is 9.43. The summed E-state index contributed by atoms with van der Waals surface area (Å²) in [7, 11) is 0. The molecule has 0 spiro atoms. The van der Waals surface area contributed by atoms with Gasteiger partial charge in [0.15, 0.2) is 6.10 Å². The summed E-state index contributed by atoms with van der Waals surface area (Å²) in [6, 6.07) is 3.61. The minimum Gasteiger partial charge on any atom is -0.479 e. The number of amides is 2. The highest BCUT2D eigenvalue weighted by molar-refractivity contribution is 8.18. The van der Waals surface area contributed by atoms with Crippen molar-refractivity contribution in [3.8, 4) is 5.75 Å². The number of anilines is 1. The summed E-state index contributed by atoms with van der Waals surface area (Å²) in [5.74, 6) is -1.67. The van der Waals surface area contributed by atoms with Gasteiger partial charge in [0.1, 0.15) is 22.4 Å². The number of nitrogens with one attached hydrogen (secondary N) is 3. The average Bonchev–Trinajstić information content (AvgIpc) is 2.96. The van der Waals surface area contributed by atoms with Crippen molar-refractivity contribution in [2.45, 2.75) is 20.0 Å². The second-order valence-corrected chi connectivity index (χ2v) is 7.10. The number of halogens is 1. The van der Waals surface area contributed by atoms with Crippen LogP contribution in [-0.4, -0.2) is 41.2 Å². The van der Waals surface area contributed by atoms with Gasteiger partial charge in [-0.15, -0.1) is 0 Å². The van der Waals surface area contributed by atoms with Crippen molar-refractivity contribution < 1.29 is 23.8 Å². The number of ether oxygens (including phenoxy) is 1. The molecule has 0 aliphatic carbocycles. The molecule has 9 nitrogen and oxygen atoms in total. The van der Waals surface area contributed by atoms with Crippen molar-refractivity contribution in [2.24, 2.45) is 11.5 Å². The van der Waals surface area contributed by atoms with Gasteiger partial charge in [-0.3, -0.25) is 15.0 Å². The van der Waals surface area contributed by atoms with Gasteiger partial charge in [0.2, 0.25) is 0 Å². The zero-order valence-electron chi connectivity index (χ0n) is 15.8. The standard InChI is InChI=1S/C18H22FN5O4S/c1-8-13(17(22)29-14(8)18(27)23-5-6-25)15(20)24-11-4-3-10(19)7-12(11)28-9(2)16(21)26/h3-4,7,9,22,24-25H,5-6,20H2,1-2H3,(H2,21,26)(H,23,27)/b15-13+,22-17?. The quantitative estimate of drug-likeness (QED) is 0.359. The van der Waals surface area contributed by atoms with Crippen molar-refractivity contribution in [3.63, 3.8) is 0 Å². The largest absolute Gasteiger partial charge is 0.479 e. The van der Waals surface area contributed by atoms with E-state index in [9.17, 15) is 14.0 Å². The Balaban J connectivity index is 2.35. The third kappa shape index (κ3) is 5.27. The molecular weight excluding hydrogens is 401 g/mol. The molecule has 0 saturated carbocycles. The molecule has 1 aromatic carbocycles. The van der Waals surface area contributed by atoms with Crippen molar-refractivity contribution in [1.82, 2.24) is 5.32 Å². The number of hydrogen-bond donors (Lipinski definition) is 6. The number of carbonyl (C=O) groups is 2. The van der Waals surface area contributed by atoms with Gasteiger partial charge in [0.25, 0.3) is 11.8 Å². The van der Waals surface area contributed by atoms with Crippen LogP contribution < -0.4 is 26.8 Å². The van der Waals surface area contributed by atoms with E-state index < -0.39 is 23.7 Å². The summed E-state index contributed by atoms with van der Waals surface area (Å²) in [5.41, 5.74) is 12.4. The summed E-state index contributed by atoms with van der Waals surface area (Å²) in [4.78, 5) is 23.7. The van der Waals surface area contributed by atoms with Gasteiger partial charge in [-0.1, -0.05) is 11.8 Å². The van der Waals surface area contributed by atoms with Gasteiger partial charge in [-0.2, -0.15) is 0 Å². The Kier molecular flexibility index (Phi) is 7.23. The number of allylic oxidation sites excluding steroid dienone is 1. The fraction of sp³-hybridized carbons (Fsp3) is 0.278. The molecule has 0 saturated heterocycles. The first-order valence-corrected chi connectivity index (χ1v) is 9.36. The third-order valence-corrected chi connectivity index (χ3v) is 5.04. The fourth-order valence-corrected chi connectivity index (χ4v) is 3.45. The molecule has 8 N–H and O–H groups in total. The molecule has 0 radical (unpaired) electrons. The van der Waals surface area contributed by atoms with Crippen molar-refractivity contribution in [1.29, 1.82) is 5.41 Å². The van der Waals surface area contributed by atoms with E-state index >= 15 is 0 Å². The Morgan fingerprint density at radius 1 is 1.38 bits per heavy atom. The Bertz CT molecular complexity index is 916. The third-order valence-electron chi connectivity index (χ3n) is 3.94. The minimum absolute atomic E-state index is 0.0135. The predicted octanol–water partition coefficient (Wildman–Crippen LogP) is 0.767. The van der Waals surface area contributed by atoms with Gasteiger partial charge >= 0.3 is 0 Å². The number of hydrogen-bond acceptors (Lipinski definition) is 8. The highest BCUT2D eigenvalue weighted by Gasteiger charge is 2.29. The zero-order chi connectivity index (χ0) is 21.7. The van der Waals surface area contributed by atoms with E-state index in [0.29, 0.717) is 16.1 Å². The van der Waals surface area contributed by atoms with Gasteiger partial charge in [-0.25, -0.2) is 4.39 Å². The number of primary amides is 1. The van der Waals surface area contributed by atoms with Crippen LogP contribution in [0.2, 0.25) is 0 Å². The molecule has 1 aromatic rings. The number of aliphatic hydroxyl groups is 1. The van der Waals surface area contributed by atoms with Crippen LogP contribution in [-0.2, 0) is 9.59 Å². The molecule has 1 heterocycles. The van der Waals surface area contributed by atoms with E-state index in [1.165, 1.54) is 19.1 Å². The Morgan fingerprint density at radius 3 is 2.69 bits per heavy atom. The lowest BCUT2D eigenvalue weighted by Crippen LogP contribution is -2.31. The molecule has 156 valence electrons. The van der Waals surface area contributed by atoms with Crippen LogP contribution in [0.25, 0.3) is 0 Å². The number of carbonyl (C=O) groups excluding carboxylic acids is 2. The number of rotatable bonds is 8. The average molecular weight is 423 g/mol. The Labute approximate surface area is 170 Å². The minimum atomic E-state index is -1.00. The summed E-state index contributed by atoms with van der Waals surface area (Å²) in [6.45, 7) is 2.95. The zero-order valence-corrected chi connectivity index (χ0v) is 16.7. The normalized spacial score (nSPS) is 16.5. The van der Waals surface area contributed by atoms with Crippen LogP contribution in [0.4, 0.5) is 10.1 Å². The molecule has 1 unspecified atom stereocenters. The van der Waals surface area contributed by atoms with Gasteiger partial charge in [-0.05, 0) is 31.6 Å². The summed E-state index contributed by atoms with van der Waals surface area (Å²) in [6.07, 6.45) is -1.00. The molecule has 1 atom stereocenters. The molecular formula is C18H22FN5O4S. The Morgan fingerprint density at radius 2 is 2.07 bits per heavy atom. The van der Waals surface area contributed by atoms with E-state index in [0.717, 1.165) is 17.8 Å². The van der Waals surface area contributed by atoms with Crippen molar-refractivity contribution in [3.05, 3.63) is 45.9 Å². The monoisotopic (exact) mass is 423 g/mol. The maximum Gasteiger partial charge on any atom is 0.258 e. The van der Waals surface area contributed by atoms with E-state index in [4.69, 9.17) is 26.7 Å². The SMILES string of the molecule is CC1=C(C(=O)NCCO)SC(=N)/C1=C(\N)Nc1ccc(F)cc1OC(C)C(N)=O. The maximum atomic E-state index is 13.6. The lowest BCUT2D eigenvalue weighted by atomic mass is 10.1. The molecule has 29 heavy (non-hydrogen) atoms. The number of benzene rings is 1. The van der Waals surface area contributed by atoms with E-state index in [-0.39, 0.29) is 35.5 Å². The lowest BCUT2D eigenvalue weighted by molar-refractivity contribution is -0.124. The molecule has 1 aliphatic rings. The highest BCUT2D eigenvalue weighted by Crippen LogP contribution is 2.38. The number of aliphatic hydroxyl groups excluding tert-OH is 1. The highest BCUT2D eigenvalue weighted by atomic mass is 32.2. The summed E-state index contributed by atoms with van der Waals surface area (Å²) >= 11 is 0.939. The first kappa shape index (κ1) is 22.2. The first-order valence-electron chi connectivity index (χ1n) is 8.55. The molecule has 0 bridgehead atoms. The topological polar surface area (TPSA) is 164 Å². The van der Waals surface area contributed by atoms with Crippen LogP contribution in [0.5, 0.6) is 5.75 Å². The number of thioether (sulfide) groups is 1. The fourth-order valence-electron chi connectivity index (χ4n) is 2.46. The second-order valence-electron chi connectivity index (χ2n) is 6.08. The Hall–Kier alpha value is -3.05. The van der Waals surface area contributed by atoms with Gasteiger partial charge in [0, 0.05) is 12.6 Å². The van der Waals surface area contributed by atoms with Crippen molar-refractivity contribution >= 4 is 34.3 Å². The van der Waals surface area contributed by atoms with Crippen LogP contribution in [0, 0.1) is 11.2 Å². The molecule has 0 aromatic heterocycles. The molecule has 0 fully saturated rings. The number of nitrogens with two attached hydrogens (primary N) is 2. The van der Waals surface area contributed by atoms with E-state index in [1.807, 2.05) is 0 Å². The molecule has 2 amide bonds. The van der Waals surface area contributed by atoms with Crippen LogP contribution in [0.1, 0.15) is 13.8 Å². The lowest BCUT2D eigenvalue weighted by Gasteiger charge is -2.17. The predicted molar refractivity (Wildman–Crippen MR) is 109 cm³/mol. The first-order chi connectivity index (χ1) is 13.6. The summed E-state index contributed by atoms with van der Waals surface area (Å²) in [5, 5.41) is 22.4. The van der Waals surface area contributed by atoms with E-state index in [2.05, 4.69) is 10.6 Å².